The average Bonchev–Trinajstić information content (AvgIpc) is 2.89. The monoisotopic (exact) mass is 345 g/mol. The number of hydrogen-bond donors (Lipinski definition) is 1. The van der Waals surface area contributed by atoms with Crippen molar-refractivity contribution in [3.05, 3.63) is 65.7 Å². The minimum atomic E-state index is -0.580. The van der Waals surface area contributed by atoms with Gasteiger partial charge in [0, 0.05) is 17.8 Å². The first kappa shape index (κ1) is 17.4. The lowest BCUT2D eigenvalue weighted by Gasteiger charge is -2.19. The Morgan fingerprint density at radius 3 is 2.42 bits per heavy atom. The van der Waals surface area contributed by atoms with E-state index in [2.05, 4.69) is 5.32 Å². The van der Waals surface area contributed by atoms with Crippen molar-refractivity contribution in [2.24, 2.45) is 5.92 Å². The van der Waals surface area contributed by atoms with Gasteiger partial charge in [0.05, 0.1) is 11.3 Å². The molecule has 0 bridgehead atoms. The SMILES string of the molecule is CC(C)CN1C(=O)C(=C(C#N)C(=O)Nc2ccccc2)c2ccccc21. The minimum Gasteiger partial charge on any atom is -0.321 e. The second-order valence-corrected chi connectivity index (χ2v) is 6.51. The molecule has 0 spiro atoms. The topological polar surface area (TPSA) is 73.2 Å². The highest BCUT2D eigenvalue weighted by molar-refractivity contribution is 6.37. The number of anilines is 2. The van der Waals surface area contributed by atoms with E-state index in [0.717, 1.165) is 5.69 Å². The van der Waals surface area contributed by atoms with Gasteiger partial charge >= 0.3 is 0 Å². The lowest BCUT2D eigenvalue weighted by molar-refractivity contribution is -0.114. The second kappa shape index (κ2) is 7.24. The molecule has 0 aliphatic carbocycles. The zero-order valence-corrected chi connectivity index (χ0v) is 14.7. The third-order valence-electron chi connectivity index (χ3n) is 4.09. The highest BCUT2D eigenvalue weighted by atomic mass is 16.2. The summed E-state index contributed by atoms with van der Waals surface area (Å²) >= 11 is 0. The third kappa shape index (κ3) is 3.22. The molecule has 2 amide bonds. The van der Waals surface area contributed by atoms with Gasteiger partial charge in [0.2, 0.25) is 0 Å². The fourth-order valence-electron chi connectivity index (χ4n) is 3.00. The fourth-order valence-corrected chi connectivity index (χ4v) is 3.00. The predicted octanol–water partition coefficient (Wildman–Crippen LogP) is 3.61. The summed E-state index contributed by atoms with van der Waals surface area (Å²) in [5, 5.41) is 12.3. The Labute approximate surface area is 152 Å². The Kier molecular flexibility index (Phi) is 4.85. The van der Waals surface area contributed by atoms with Crippen molar-refractivity contribution in [2.45, 2.75) is 13.8 Å². The molecule has 3 rings (SSSR count). The number of hydrogen-bond acceptors (Lipinski definition) is 3. The van der Waals surface area contributed by atoms with E-state index in [9.17, 15) is 14.9 Å². The largest absolute Gasteiger partial charge is 0.321 e. The van der Waals surface area contributed by atoms with Crippen LogP contribution < -0.4 is 10.2 Å². The summed E-state index contributed by atoms with van der Waals surface area (Å²) in [7, 11) is 0. The van der Waals surface area contributed by atoms with Crippen LogP contribution in [0, 0.1) is 17.2 Å². The molecular weight excluding hydrogens is 326 g/mol. The van der Waals surface area contributed by atoms with Crippen LogP contribution in [0.25, 0.3) is 5.57 Å². The van der Waals surface area contributed by atoms with Gasteiger partial charge in [-0.1, -0.05) is 50.2 Å². The van der Waals surface area contributed by atoms with Crippen LogP contribution in [0.1, 0.15) is 19.4 Å². The van der Waals surface area contributed by atoms with E-state index >= 15 is 0 Å². The summed E-state index contributed by atoms with van der Waals surface area (Å²) in [5.41, 5.74) is 1.93. The Balaban J connectivity index is 2.05. The molecule has 0 saturated heterocycles. The van der Waals surface area contributed by atoms with Crippen molar-refractivity contribution < 1.29 is 9.59 Å². The summed E-state index contributed by atoms with van der Waals surface area (Å²) in [6.07, 6.45) is 0. The summed E-state index contributed by atoms with van der Waals surface area (Å²) in [6, 6.07) is 18.1. The molecule has 0 radical (unpaired) electrons. The molecule has 1 heterocycles. The van der Waals surface area contributed by atoms with E-state index in [1.807, 2.05) is 38.1 Å². The van der Waals surface area contributed by atoms with Crippen molar-refractivity contribution in [3.63, 3.8) is 0 Å². The Morgan fingerprint density at radius 2 is 1.77 bits per heavy atom. The lowest BCUT2D eigenvalue weighted by Crippen LogP contribution is -2.31. The van der Waals surface area contributed by atoms with Crippen molar-refractivity contribution >= 4 is 28.8 Å². The number of carbonyl (C=O) groups excluding carboxylic acids is 2. The van der Waals surface area contributed by atoms with Crippen molar-refractivity contribution in [1.29, 1.82) is 5.26 Å². The molecule has 1 aliphatic rings. The van der Waals surface area contributed by atoms with Crippen LogP contribution in [-0.4, -0.2) is 18.4 Å². The number of nitrogens with zero attached hydrogens (tertiary/aromatic N) is 2. The smallest absolute Gasteiger partial charge is 0.267 e. The third-order valence-corrected chi connectivity index (χ3v) is 4.09. The van der Waals surface area contributed by atoms with Crippen molar-refractivity contribution in [1.82, 2.24) is 0 Å². The highest BCUT2D eigenvalue weighted by Gasteiger charge is 2.36. The summed E-state index contributed by atoms with van der Waals surface area (Å²) in [5.74, 6) is -0.627. The van der Waals surface area contributed by atoms with Gasteiger partial charge in [-0.3, -0.25) is 9.59 Å². The molecule has 0 unspecified atom stereocenters. The quantitative estimate of drug-likeness (QED) is 0.679. The molecule has 1 N–H and O–H groups in total. The van der Waals surface area contributed by atoms with Gasteiger partial charge in [-0.05, 0) is 24.1 Å². The van der Waals surface area contributed by atoms with Crippen molar-refractivity contribution in [2.75, 3.05) is 16.8 Å². The van der Waals surface area contributed by atoms with Gasteiger partial charge in [0.15, 0.2) is 0 Å². The van der Waals surface area contributed by atoms with Gasteiger partial charge in [-0.25, -0.2) is 0 Å². The van der Waals surface area contributed by atoms with Crippen LogP contribution in [-0.2, 0) is 9.59 Å². The van der Waals surface area contributed by atoms with Crippen LogP contribution in [0.5, 0.6) is 0 Å². The van der Waals surface area contributed by atoms with Gasteiger partial charge < -0.3 is 10.2 Å². The maximum atomic E-state index is 13.0. The van der Waals surface area contributed by atoms with Gasteiger partial charge in [-0.15, -0.1) is 0 Å². The normalized spacial score (nSPS) is 14.8. The molecule has 26 heavy (non-hydrogen) atoms. The molecule has 0 fully saturated rings. The minimum absolute atomic E-state index is 0.164. The van der Waals surface area contributed by atoms with Crippen LogP contribution in [0.15, 0.2) is 60.2 Å². The van der Waals surface area contributed by atoms with E-state index in [4.69, 9.17) is 0 Å². The number of rotatable bonds is 4. The number of carbonyl (C=O) groups is 2. The van der Waals surface area contributed by atoms with E-state index in [-0.39, 0.29) is 23.0 Å². The number of nitriles is 1. The molecule has 1 aliphatic heterocycles. The standard InChI is InChI=1S/C21H19N3O2/c1-14(2)13-24-18-11-7-6-10-16(18)19(21(24)26)17(12-22)20(25)23-15-8-4-3-5-9-15/h3-11,14H,13H2,1-2H3,(H,23,25). The highest BCUT2D eigenvalue weighted by Crippen LogP contribution is 2.38. The van der Waals surface area contributed by atoms with Crippen LogP contribution in [0.2, 0.25) is 0 Å². The van der Waals surface area contributed by atoms with Crippen LogP contribution >= 0.6 is 0 Å². The number of para-hydroxylation sites is 2. The molecule has 5 nitrogen and oxygen atoms in total. The number of benzene rings is 2. The first-order valence-electron chi connectivity index (χ1n) is 8.45. The molecule has 0 aromatic heterocycles. The molecule has 130 valence electrons. The molecule has 2 aromatic carbocycles. The average molecular weight is 345 g/mol. The fraction of sp³-hybridized carbons (Fsp3) is 0.190. The van der Waals surface area contributed by atoms with E-state index in [1.165, 1.54) is 0 Å². The van der Waals surface area contributed by atoms with Crippen LogP contribution in [0.3, 0.4) is 0 Å². The maximum absolute atomic E-state index is 13.0. The zero-order valence-electron chi connectivity index (χ0n) is 14.7. The first-order valence-corrected chi connectivity index (χ1v) is 8.45. The summed E-state index contributed by atoms with van der Waals surface area (Å²) in [4.78, 5) is 27.3. The summed E-state index contributed by atoms with van der Waals surface area (Å²) < 4.78 is 0. The number of nitrogens with one attached hydrogen (secondary N) is 1. The predicted molar refractivity (Wildman–Crippen MR) is 101 cm³/mol. The Bertz CT molecular complexity index is 924. The molecule has 0 saturated carbocycles. The summed E-state index contributed by atoms with van der Waals surface area (Å²) in [6.45, 7) is 4.56. The van der Waals surface area contributed by atoms with Crippen LogP contribution in [0.4, 0.5) is 11.4 Å². The number of fused-ring (bicyclic) bond motifs is 1. The zero-order chi connectivity index (χ0) is 18.7. The number of amides is 2. The van der Waals surface area contributed by atoms with Crippen molar-refractivity contribution in [3.8, 4) is 6.07 Å². The molecular formula is C21H19N3O2. The molecule has 5 heteroatoms. The Morgan fingerprint density at radius 1 is 1.12 bits per heavy atom. The van der Waals surface area contributed by atoms with E-state index < -0.39 is 5.91 Å². The second-order valence-electron chi connectivity index (χ2n) is 6.51. The van der Waals surface area contributed by atoms with E-state index in [0.29, 0.717) is 17.8 Å². The molecule has 2 aromatic rings. The van der Waals surface area contributed by atoms with Gasteiger partial charge in [0.1, 0.15) is 11.6 Å². The van der Waals surface area contributed by atoms with Gasteiger partial charge in [0.25, 0.3) is 11.8 Å². The Hall–Kier alpha value is -3.39. The molecule has 0 atom stereocenters. The van der Waals surface area contributed by atoms with E-state index in [1.54, 1.807) is 41.3 Å². The maximum Gasteiger partial charge on any atom is 0.267 e. The lowest BCUT2D eigenvalue weighted by atomic mass is 10.0. The first-order chi connectivity index (χ1) is 12.5. The van der Waals surface area contributed by atoms with Gasteiger partial charge in [-0.2, -0.15) is 5.26 Å².